The van der Waals surface area contributed by atoms with E-state index >= 15 is 0 Å². The molecule has 0 fully saturated rings. The van der Waals surface area contributed by atoms with Gasteiger partial charge in [-0.3, -0.25) is 13.7 Å². The van der Waals surface area contributed by atoms with E-state index in [1.165, 1.54) is 0 Å². The standard InChI is InChI=1S/C12H18NO3P/c1-12(2,3)16-17(14)13(4)11-8-6-5-7-10(11)9-15-17/h5-8H,9H2,1-4H3. The van der Waals surface area contributed by atoms with Gasteiger partial charge in [0.05, 0.1) is 17.9 Å². The number of anilines is 1. The number of benzene rings is 1. The Labute approximate surface area is 102 Å². The third-order valence-corrected chi connectivity index (χ3v) is 4.66. The van der Waals surface area contributed by atoms with E-state index in [1.54, 1.807) is 11.7 Å². The zero-order valence-corrected chi connectivity index (χ0v) is 11.5. The van der Waals surface area contributed by atoms with E-state index in [2.05, 4.69) is 0 Å². The molecule has 0 spiro atoms. The van der Waals surface area contributed by atoms with Crippen LogP contribution in [0.1, 0.15) is 26.3 Å². The minimum Gasteiger partial charge on any atom is -0.287 e. The first-order valence-corrected chi connectivity index (χ1v) is 7.09. The smallest absolute Gasteiger partial charge is 0.287 e. The van der Waals surface area contributed by atoms with E-state index in [-0.39, 0.29) is 0 Å². The van der Waals surface area contributed by atoms with Crippen LogP contribution in [0.4, 0.5) is 5.69 Å². The average Bonchev–Trinajstić information content (AvgIpc) is 2.22. The van der Waals surface area contributed by atoms with Crippen molar-refractivity contribution in [2.75, 3.05) is 11.7 Å². The van der Waals surface area contributed by atoms with E-state index in [1.807, 2.05) is 45.0 Å². The predicted molar refractivity (Wildman–Crippen MR) is 68.1 cm³/mol. The molecule has 1 aromatic carbocycles. The lowest BCUT2D eigenvalue weighted by Gasteiger charge is -2.37. The quantitative estimate of drug-likeness (QED) is 0.719. The van der Waals surface area contributed by atoms with Crippen LogP contribution < -0.4 is 4.67 Å². The summed E-state index contributed by atoms with van der Waals surface area (Å²) in [7, 11) is -1.48. The molecule has 1 aromatic rings. The monoisotopic (exact) mass is 255 g/mol. The molecule has 1 atom stereocenters. The van der Waals surface area contributed by atoms with Crippen LogP contribution in [0.25, 0.3) is 0 Å². The first-order chi connectivity index (χ1) is 7.82. The molecule has 0 aromatic heterocycles. The molecule has 0 N–H and O–H groups in total. The summed E-state index contributed by atoms with van der Waals surface area (Å²) >= 11 is 0. The number of para-hydroxylation sites is 1. The van der Waals surface area contributed by atoms with Gasteiger partial charge in [0.15, 0.2) is 0 Å². The summed E-state index contributed by atoms with van der Waals surface area (Å²) in [6, 6.07) is 7.75. The molecule has 1 unspecified atom stereocenters. The van der Waals surface area contributed by atoms with Gasteiger partial charge in [0.1, 0.15) is 0 Å². The minimum absolute atomic E-state index is 0.327. The highest BCUT2D eigenvalue weighted by atomic mass is 31.2. The Morgan fingerprint density at radius 3 is 2.65 bits per heavy atom. The van der Waals surface area contributed by atoms with Crippen LogP contribution >= 0.6 is 7.75 Å². The molecular formula is C12H18NO3P. The predicted octanol–water partition coefficient (Wildman–Crippen LogP) is 3.58. The summed E-state index contributed by atoms with van der Waals surface area (Å²) in [6.07, 6.45) is 0. The van der Waals surface area contributed by atoms with Crippen molar-refractivity contribution in [2.24, 2.45) is 0 Å². The third-order valence-electron chi connectivity index (χ3n) is 2.48. The molecular weight excluding hydrogens is 237 g/mol. The topological polar surface area (TPSA) is 38.8 Å². The van der Waals surface area contributed by atoms with Gasteiger partial charge in [-0.2, -0.15) is 0 Å². The van der Waals surface area contributed by atoms with E-state index in [9.17, 15) is 4.57 Å². The molecule has 17 heavy (non-hydrogen) atoms. The molecule has 4 nitrogen and oxygen atoms in total. The maximum atomic E-state index is 12.6. The van der Waals surface area contributed by atoms with E-state index < -0.39 is 13.3 Å². The molecule has 1 heterocycles. The molecule has 1 aliphatic rings. The van der Waals surface area contributed by atoms with Crippen LogP contribution in [0.5, 0.6) is 0 Å². The lowest BCUT2D eigenvalue weighted by atomic mass is 10.2. The van der Waals surface area contributed by atoms with Crippen molar-refractivity contribution >= 4 is 13.4 Å². The number of rotatable bonds is 1. The molecule has 1 aliphatic heterocycles. The van der Waals surface area contributed by atoms with Gasteiger partial charge < -0.3 is 0 Å². The maximum Gasteiger partial charge on any atom is 0.435 e. The second-order valence-corrected chi connectivity index (χ2v) is 7.08. The first-order valence-electron chi connectivity index (χ1n) is 5.59. The normalized spacial score (nSPS) is 24.6. The van der Waals surface area contributed by atoms with Crippen molar-refractivity contribution in [3.05, 3.63) is 29.8 Å². The highest BCUT2D eigenvalue weighted by Gasteiger charge is 2.39. The number of hydrogen-bond acceptors (Lipinski definition) is 3. The maximum absolute atomic E-state index is 12.6. The third kappa shape index (κ3) is 2.54. The SMILES string of the molecule is CN1c2ccccc2COP1(=O)OC(C)(C)C. The number of hydrogen-bond donors (Lipinski definition) is 0. The molecule has 5 heteroatoms. The van der Waals surface area contributed by atoms with Gasteiger partial charge in [-0.25, -0.2) is 4.57 Å². The van der Waals surface area contributed by atoms with Crippen molar-refractivity contribution in [2.45, 2.75) is 33.0 Å². The number of fused-ring (bicyclic) bond motifs is 1. The fourth-order valence-corrected chi connectivity index (χ4v) is 3.55. The summed E-state index contributed by atoms with van der Waals surface area (Å²) in [5, 5.41) is 0. The van der Waals surface area contributed by atoms with Crippen LogP contribution in [0.2, 0.25) is 0 Å². The van der Waals surface area contributed by atoms with Crippen LogP contribution in [0.3, 0.4) is 0 Å². The summed E-state index contributed by atoms with van der Waals surface area (Å²) in [6.45, 7) is 5.92. The van der Waals surface area contributed by atoms with E-state index in [4.69, 9.17) is 9.05 Å². The van der Waals surface area contributed by atoms with Crippen LogP contribution in [-0.4, -0.2) is 12.6 Å². The lowest BCUT2D eigenvalue weighted by molar-refractivity contribution is 0.0888. The Hall–Kier alpha value is -0.830. The van der Waals surface area contributed by atoms with Gasteiger partial charge in [0, 0.05) is 12.6 Å². The van der Waals surface area contributed by atoms with Crippen molar-refractivity contribution in [1.82, 2.24) is 0 Å². The minimum atomic E-state index is -3.22. The Morgan fingerprint density at radius 1 is 1.35 bits per heavy atom. The van der Waals surface area contributed by atoms with Gasteiger partial charge >= 0.3 is 7.75 Å². The molecule has 2 rings (SSSR count). The molecule has 0 radical (unpaired) electrons. The van der Waals surface area contributed by atoms with Gasteiger partial charge in [0.2, 0.25) is 0 Å². The van der Waals surface area contributed by atoms with Crippen molar-refractivity contribution in [1.29, 1.82) is 0 Å². The van der Waals surface area contributed by atoms with Gasteiger partial charge in [-0.05, 0) is 26.8 Å². The molecule has 94 valence electrons. The van der Waals surface area contributed by atoms with Crippen LogP contribution in [-0.2, 0) is 20.2 Å². The van der Waals surface area contributed by atoms with Crippen molar-refractivity contribution < 1.29 is 13.6 Å². The lowest BCUT2D eigenvalue weighted by Crippen LogP contribution is -2.28. The zero-order valence-electron chi connectivity index (χ0n) is 10.6. The zero-order chi connectivity index (χ0) is 12.7. The summed E-state index contributed by atoms with van der Waals surface area (Å²) in [5.74, 6) is 0. The largest absolute Gasteiger partial charge is 0.435 e. The number of nitrogens with zero attached hydrogens (tertiary/aromatic N) is 1. The van der Waals surface area contributed by atoms with Gasteiger partial charge in [-0.1, -0.05) is 18.2 Å². The highest BCUT2D eigenvalue weighted by Crippen LogP contribution is 2.59. The molecule has 0 aliphatic carbocycles. The molecule has 0 saturated carbocycles. The summed E-state index contributed by atoms with van der Waals surface area (Å²) in [5.41, 5.74) is 1.43. The van der Waals surface area contributed by atoms with Crippen LogP contribution in [0, 0.1) is 0 Å². The second kappa shape index (κ2) is 4.13. The fraction of sp³-hybridized carbons (Fsp3) is 0.500. The highest BCUT2D eigenvalue weighted by molar-refractivity contribution is 7.55. The first kappa shape index (κ1) is 12.6. The Bertz CT molecular complexity index is 467. The molecule has 0 saturated heterocycles. The molecule has 0 bridgehead atoms. The van der Waals surface area contributed by atoms with Crippen molar-refractivity contribution in [3.8, 4) is 0 Å². The van der Waals surface area contributed by atoms with Crippen molar-refractivity contribution in [3.63, 3.8) is 0 Å². The Balaban J connectivity index is 2.34. The van der Waals surface area contributed by atoms with Crippen LogP contribution in [0.15, 0.2) is 24.3 Å². The Morgan fingerprint density at radius 2 is 2.00 bits per heavy atom. The Kier molecular flexibility index (Phi) is 3.06. The average molecular weight is 255 g/mol. The second-order valence-electron chi connectivity index (χ2n) is 5.10. The van der Waals surface area contributed by atoms with E-state index in [0.717, 1.165) is 11.3 Å². The fourth-order valence-electron chi connectivity index (χ4n) is 1.75. The summed E-state index contributed by atoms with van der Waals surface area (Å²) < 4.78 is 25.3. The van der Waals surface area contributed by atoms with Gasteiger partial charge in [-0.15, -0.1) is 0 Å². The van der Waals surface area contributed by atoms with Gasteiger partial charge in [0.25, 0.3) is 0 Å². The summed E-state index contributed by atoms with van der Waals surface area (Å²) in [4.78, 5) is 0. The molecule has 0 amide bonds. The van der Waals surface area contributed by atoms with E-state index in [0.29, 0.717) is 6.61 Å².